The minimum Gasteiger partial charge on any atom is -0.493 e. The van der Waals surface area contributed by atoms with E-state index in [0.717, 1.165) is 42.9 Å². The van der Waals surface area contributed by atoms with Gasteiger partial charge in [-0.25, -0.2) is 0 Å². The van der Waals surface area contributed by atoms with E-state index in [-0.39, 0.29) is 11.2 Å². The predicted molar refractivity (Wildman–Crippen MR) is 88.9 cm³/mol. The van der Waals surface area contributed by atoms with E-state index in [9.17, 15) is 4.79 Å². The van der Waals surface area contributed by atoms with Crippen LogP contribution in [0, 0.1) is 5.41 Å². The van der Waals surface area contributed by atoms with Gasteiger partial charge in [-0.05, 0) is 56.1 Å². The van der Waals surface area contributed by atoms with E-state index in [4.69, 9.17) is 9.47 Å². The number of hydrogen-bond acceptors (Lipinski definition) is 4. The van der Waals surface area contributed by atoms with Gasteiger partial charge in [-0.2, -0.15) is 0 Å². The van der Waals surface area contributed by atoms with Crippen molar-refractivity contribution in [1.29, 1.82) is 0 Å². The SMILES string of the molecule is COc1ccc2c(c1OC)C1=CC(=O)CC[C@]13CCN(C)[C@H]3C2. The number of ether oxygens (including phenoxy) is 2. The summed E-state index contributed by atoms with van der Waals surface area (Å²) in [5, 5.41) is 0. The van der Waals surface area contributed by atoms with Crippen LogP contribution in [0.15, 0.2) is 18.2 Å². The van der Waals surface area contributed by atoms with Gasteiger partial charge in [-0.1, -0.05) is 6.07 Å². The molecule has 1 fully saturated rings. The van der Waals surface area contributed by atoms with Gasteiger partial charge in [0, 0.05) is 23.4 Å². The number of fused-ring (bicyclic) bond motifs is 2. The van der Waals surface area contributed by atoms with Crippen molar-refractivity contribution in [3.05, 3.63) is 29.3 Å². The lowest BCUT2D eigenvalue weighted by Gasteiger charge is -2.46. The maximum Gasteiger partial charge on any atom is 0.168 e. The van der Waals surface area contributed by atoms with Gasteiger partial charge in [0.2, 0.25) is 0 Å². The highest BCUT2D eigenvalue weighted by Gasteiger charge is 2.53. The Kier molecular flexibility index (Phi) is 3.27. The zero-order valence-electron chi connectivity index (χ0n) is 14.0. The monoisotopic (exact) mass is 313 g/mol. The summed E-state index contributed by atoms with van der Waals surface area (Å²) in [5.41, 5.74) is 3.64. The standard InChI is InChI=1S/C19H23NO3/c1-20-9-8-19-7-6-13(21)11-14(19)17-12(10-16(19)20)4-5-15(22-2)18(17)23-3/h4-5,11,16H,6-10H2,1-3H3/t16-,19-/m0/s1. The first-order valence-corrected chi connectivity index (χ1v) is 8.30. The molecule has 122 valence electrons. The Balaban J connectivity index is 1.99. The molecule has 1 aliphatic heterocycles. The summed E-state index contributed by atoms with van der Waals surface area (Å²) in [6, 6.07) is 4.59. The molecule has 3 aliphatic rings. The lowest BCUT2D eigenvalue weighted by atomic mass is 9.60. The maximum atomic E-state index is 12.2. The molecule has 0 bridgehead atoms. The van der Waals surface area contributed by atoms with Crippen LogP contribution < -0.4 is 9.47 Å². The summed E-state index contributed by atoms with van der Waals surface area (Å²) in [7, 11) is 5.55. The Morgan fingerprint density at radius 1 is 1.22 bits per heavy atom. The van der Waals surface area contributed by atoms with Crippen LogP contribution in [0.4, 0.5) is 0 Å². The van der Waals surface area contributed by atoms with Crippen LogP contribution in [0.2, 0.25) is 0 Å². The lowest BCUT2D eigenvalue weighted by molar-refractivity contribution is -0.115. The fourth-order valence-electron chi connectivity index (χ4n) is 4.90. The molecule has 0 radical (unpaired) electrons. The fourth-order valence-corrected chi connectivity index (χ4v) is 4.90. The van der Waals surface area contributed by atoms with E-state index >= 15 is 0 Å². The first kappa shape index (κ1) is 14.8. The molecule has 0 N–H and O–H groups in total. The van der Waals surface area contributed by atoms with Crippen molar-refractivity contribution in [2.75, 3.05) is 27.8 Å². The first-order valence-electron chi connectivity index (χ1n) is 8.30. The Hall–Kier alpha value is -1.81. The van der Waals surface area contributed by atoms with Gasteiger partial charge in [0.15, 0.2) is 17.3 Å². The van der Waals surface area contributed by atoms with Crippen molar-refractivity contribution in [2.45, 2.75) is 31.7 Å². The van der Waals surface area contributed by atoms with Crippen LogP contribution in [0.5, 0.6) is 11.5 Å². The number of benzene rings is 1. The zero-order chi connectivity index (χ0) is 16.2. The molecule has 23 heavy (non-hydrogen) atoms. The molecule has 1 aromatic rings. The van der Waals surface area contributed by atoms with Crippen LogP contribution in [0.1, 0.15) is 30.4 Å². The van der Waals surface area contributed by atoms with Crippen molar-refractivity contribution in [3.63, 3.8) is 0 Å². The molecule has 4 nitrogen and oxygen atoms in total. The van der Waals surface area contributed by atoms with Crippen LogP contribution >= 0.6 is 0 Å². The topological polar surface area (TPSA) is 38.8 Å². The molecule has 0 saturated carbocycles. The molecule has 0 unspecified atom stereocenters. The van der Waals surface area contributed by atoms with Gasteiger partial charge in [0.25, 0.3) is 0 Å². The second kappa shape index (κ2) is 5.10. The third-order valence-corrected chi connectivity index (χ3v) is 6.05. The number of carbonyl (C=O) groups excluding carboxylic acids is 1. The Morgan fingerprint density at radius 2 is 2.04 bits per heavy atom. The number of allylic oxidation sites excluding steroid dienone is 1. The summed E-state index contributed by atoms with van der Waals surface area (Å²) >= 11 is 0. The number of hydrogen-bond donors (Lipinski definition) is 0. The van der Waals surface area contributed by atoms with E-state index in [1.165, 1.54) is 11.1 Å². The average molecular weight is 313 g/mol. The van der Waals surface area contributed by atoms with E-state index in [2.05, 4.69) is 18.0 Å². The number of rotatable bonds is 2. The molecule has 1 heterocycles. The van der Waals surface area contributed by atoms with Crippen LogP contribution in [0.25, 0.3) is 5.57 Å². The molecular formula is C19H23NO3. The van der Waals surface area contributed by atoms with Crippen molar-refractivity contribution in [2.24, 2.45) is 5.41 Å². The zero-order valence-corrected chi connectivity index (χ0v) is 14.0. The fraction of sp³-hybridized carbons (Fsp3) is 0.526. The Labute approximate surface area is 137 Å². The molecule has 4 rings (SSSR count). The largest absolute Gasteiger partial charge is 0.493 e. The van der Waals surface area contributed by atoms with Gasteiger partial charge in [0.1, 0.15) is 0 Å². The molecule has 4 heteroatoms. The third-order valence-electron chi connectivity index (χ3n) is 6.05. The number of nitrogens with zero attached hydrogens (tertiary/aromatic N) is 1. The normalized spacial score (nSPS) is 29.4. The van der Waals surface area contributed by atoms with Gasteiger partial charge < -0.3 is 14.4 Å². The molecule has 1 spiro atoms. The number of methoxy groups -OCH3 is 2. The molecule has 0 amide bonds. The van der Waals surface area contributed by atoms with Crippen molar-refractivity contribution in [3.8, 4) is 11.5 Å². The Morgan fingerprint density at radius 3 is 2.78 bits per heavy atom. The highest BCUT2D eigenvalue weighted by molar-refractivity contribution is 6.02. The minimum atomic E-state index is 0.0926. The molecule has 2 aliphatic carbocycles. The third kappa shape index (κ3) is 1.91. The highest BCUT2D eigenvalue weighted by atomic mass is 16.5. The first-order chi connectivity index (χ1) is 11.1. The second-order valence-electron chi connectivity index (χ2n) is 6.97. The highest BCUT2D eigenvalue weighted by Crippen LogP contribution is 2.59. The lowest BCUT2D eigenvalue weighted by Crippen LogP contribution is -2.45. The van der Waals surface area contributed by atoms with Crippen molar-refractivity contribution in [1.82, 2.24) is 4.90 Å². The average Bonchev–Trinajstić information content (AvgIpc) is 2.89. The van der Waals surface area contributed by atoms with Crippen LogP contribution in [0.3, 0.4) is 0 Å². The van der Waals surface area contributed by atoms with E-state index in [1.54, 1.807) is 14.2 Å². The quantitative estimate of drug-likeness (QED) is 0.841. The summed E-state index contributed by atoms with van der Waals surface area (Å²) in [6.45, 7) is 1.09. The van der Waals surface area contributed by atoms with Gasteiger partial charge in [0.05, 0.1) is 14.2 Å². The van der Waals surface area contributed by atoms with Crippen LogP contribution in [-0.2, 0) is 11.2 Å². The minimum absolute atomic E-state index is 0.0926. The van der Waals surface area contributed by atoms with Crippen molar-refractivity contribution < 1.29 is 14.3 Å². The number of ketones is 1. The van der Waals surface area contributed by atoms with Gasteiger partial charge in [-0.15, -0.1) is 0 Å². The van der Waals surface area contributed by atoms with Gasteiger partial charge in [-0.3, -0.25) is 4.79 Å². The second-order valence-corrected chi connectivity index (χ2v) is 6.97. The molecule has 1 saturated heterocycles. The summed E-state index contributed by atoms with van der Waals surface area (Å²) < 4.78 is 11.2. The summed E-state index contributed by atoms with van der Waals surface area (Å²) in [5.74, 6) is 1.75. The predicted octanol–water partition coefficient (Wildman–Crippen LogP) is 2.70. The number of likely N-dealkylation sites (tertiary alicyclic amines) is 1. The molecular weight excluding hydrogens is 290 g/mol. The summed E-state index contributed by atoms with van der Waals surface area (Å²) in [4.78, 5) is 14.6. The van der Waals surface area contributed by atoms with E-state index in [0.29, 0.717) is 12.5 Å². The van der Waals surface area contributed by atoms with E-state index in [1.807, 2.05) is 12.1 Å². The van der Waals surface area contributed by atoms with Crippen molar-refractivity contribution >= 4 is 11.4 Å². The maximum absolute atomic E-state index is 12.2. The van der Waals surface area contributed by atoms with Gasteiger partial charge >= 0.3 is 0 Å². The molecule has 0 aromatic heterocycles. The number of carbonyl (C=O) groups is 1. The number of likely N-dealkylation sites (N-methyl/N-ethyl adjacent to an activating group) is 1. The smallest absolute Gasteiger partial charge is 0.168 e. The van der Waals surface area contributed by atoms with E-state index < -0.39 is 0 Å². The molecule has 2 atom stereocenters. The Bertz CT molecular complexity index is 709. The summed E-state index contributed by atoms with van der Waals surface area (Å²) in [6.07, 6.45) is 5.63. The van der Waals surface area contributed by atoms with Crippen LogP contribution in [-0.4, -0.2) is 44.5 Å². The molecule has 1 aromatic carbocycles.